The van der Waals surface area contributed by atoms with Crippen molar-refractivity contribution in [1.82, 2.24) is 0 Å². The Balaban J connectivity index is 2.85. The van der Waals surface area contributed by atoms with E-state index in [1.165, 1.54) is 6.08 Å². The fourth-order valence-electron chi connectivity index (χ4n) is 1.39. The zero-order chi connectivity index (χ0) is 14.3. The number of allylic oxidation sites excluding steroid dienone is 4. The molecule has 0 heterocycles. The number of nitriles is 2. The average Bonchev–Trinajstić information content (AvgIpc) is 2.40. The van der Waals surface area contributed by atoms with E-state index in [1.807, 2.05) is 0 Å². The van der Waals surface area contributed by atoms with Crippen molar-refractivity contribution in [3.8, 4) is 12.1 Å². The van der Waals surface area contributed by atoms with Crippen molar-refractivity contribution >= 4 is 5.97 Å². The van der Waals surface area contributed by atoms with Gasteiger partial charge in [0.2, 0.25) is 0 Å². The molecule has 0 N–H and O–H groups in total. The van der Waals surface area contributed by atoms with E-state index in [9.17, 15) is 4.79 Å². The van der Waals surface area contributed by atoms with Crippen molar-refractivity contribution in [2.75, 3.05) is 0 Å². The Bertz CT molecular complexity index is 598. The number of benzene rings is 1. The molecule has 0 aliphatic heterocycles. The number of ether oxygens (including phenoxy) is 1. The number of nitrogens with zero attached hydrogens (tertiary/aromatic N) is 2. The quantitative estimate of drug-likeness (QED) is 0.358. The van der Waals surface area contributed by atoms with Crippen molar-refractivity contribution in [2.45, 2.75) is 13.8 Å². The van der Waals surface area contributed by atoms with Crippen LogP contribution in [-0.2, 0) is 4.74 Å². The molecule has 1 aromatic rings. The first-order valence-corrected chi connectivity index (χ1v) is 5.55. The van der Waals surface area contributed by atoms with Gasteiger partial charge in [0.25, 0.3) is 0 Å². The van der Waals surface area contributed by atoms with Crippen LogP contribution in [0.2, 0.25) is 0 Å². The molecule has 0 aliphatic rings. The Labute approximate surface area is 111 Å². The van der Waals surface area contributed by atoms with E-state index in [4.69, 9.17) is 15.3 Å². The van der Waals surface area contributed by atoms with Gasteiger partial charge in [-0.25, -0.2) is 4.79 Å². The fraction of sp³-hybridized carbons (Fsp3) is 0.133. The molecule has 0 amide bonds. The lowest BCUT2D eigenvalue weighted by Gasteiger charge is -2.04. The van der Waals surface area contributed by atoms with E-state index >= 15 is 0 Å². The summed E-state index contributed by atoms with van der Waals surface area (Å²) < 4.78 is 5.12. The van der Waals surface area contributed by atoms with Crippen LogP contribution in [0.4, 0.5) is 0 Å². The number of hydrogen-bond donors (Lipinski definition) is 0. The summed E-state index contributed by atoms with van der Waals surface area (Å²) in [4.78, 5) is 11.7. The predicted molar refractivity (Wildman–Crippen MR) is 69.5 cm³/mol. The minimum Gasteiger partial charge on any atom is -0.428 e. The van der Waals surface area contributed by atoms with Crippen LogP contribution in [0.5, 0.6) is 0 Å². The first-order valence-electron chi connectivity index (χ1n) is 5.55. The Hall–Kier alpha value is -2.85. The van der Waals surface area contributed by atoms with E-state index in [2.05, 4.69) is 0 Å². The molecule has 0 fully saturated rings. The van der Waals surface area contributed by atoms with Crippen molar-refractivity contribution in [1.29, 1.82) is 10.5 Å². The van der Waals surface area contributed by atoms with Gasteiger partial charge in [-0.3, -0.25) is 0 Å². The zero-order valence-electron chi connectivity index (χ0n) is 10.7. The number of rotatable bonds is 3. The lowest BCUT2D eigenvalue weighted by Crippen LogP contribution is -2.03. The maximum absolute atomic E-state index is 11.7. The standard InChI is InChI=1S/C15H12N2O2/c1-11(14(9-16)10-17)8-12(2)19-15(18)13-6-4-3-5-7-13/h3-8H,1-2H3/b12-8-. The van der Waals surface area contributed by atoms with Gasteiger partial charge in [-0.1, -0.05) is 18.2 Å². The smallest absolute Gasteiger partial charge is 0.343 e. The lowest BCUT2D eigenvalue weighted by atomic mass is 10.1. The minimum absolute atomic E-state index is 0.00453. The second-order valence-electron chi connectivity index (χ2n) is 3.79. The molecule has 0 aliphatic carbocycles. The molecule has 0 spiro atoms. The van der Waals surface area contributed by atoms with Crippen molar-refractivity contribution in [2.24, 2.45) is 0 Å². The van der Waals surface area contributed by atoms with Gasteiger partial charge in [0.05, 0.1) is 5.56 Å². The van der Waals surface area contributed by atoms with E-state index in [1.54, 1.807) is 56.3 Å². The highest BCUT2D eigenvalue weighted by atomic mass is 16.5. The molecule has 0 radical (unpaired) electrons. The molecular formula is C15H12N2O2. The van der Waals surface area contributed by atoms with Gasteiger partial charge in [0, 0.05) is 0 Å². The number of hydrogen-bond acceptors (Lipinski definition) is 4. The summed E-state index contributed by atoms with van der Waals surface area (Å²) in [7, 11) is 0. The van der Waals surface area contributed by atoms with Gasteiger partial charge < -0.3 is 4.74 Å². The van der Waals surface area contributed by atoms with Gasteiger partial charge in [0.1, 0.15) is 23.5 Å². The third kappa shape index (κ3) is 4.14. The van der Waals surface area contributed by atoms with Crippen LogP contribution >= 0.6 is 0 Å². The zero-order valence-corrected chi connectivity index (χ0v) is 10.7. The molecule has 0 unspecified atom stereocenters. The minimum atomic E-state index is -0.474. The number of esters is 1. The summed E-state index contributed by atoms with van der Waals surface area (Å²) in [5.74, 6) is -0.146. The van der Waals surface area contributed by atoms with Crippen LogP contribution in [0.1, 0.15) is 24.2 Å². The Morgan fingerprint density at radius 1 is 1.16 bits per heavy atom. The molecule has 19 heavy (non-hydrogen) atoms. The monoisotopic (exact) mass is 252 g/mol. The van der Waals surface area contributed by atoms with Gasteiger partial charge >= 0.3 is 5.97 Å². The molecule has 0 saturated carbocycles. The largest absolute Gasteiger partial charge is 0.428 e. The van der Waals surface area contributed by atoms with Gasteiger partial charge in [0.15, 0.2) is 0 Å². The normalized spacial score (nSPS) is 10.0. The van der Waals surface area contributed by atoms with E-state index in [0.29, 0.717) is 16.9 Å². The summed E-state index contributed by atoms with van der Waals surface area (Å²) in [5, 5.41) is 17.4. The highest BCUT2D eigenvalue weighted by Crippen LogP contribution is 2.10. The predicted octanol–water partition coefficient (Wildman–Crippen LogP) is 3.11. The number of carbonyl (C=O) groups is 1. The van der Waals surface area contributed by atoms with Crippen molar-refractivity contribution in [3.05, 3.63) is 58.9 Å². The van der Waals surface area contributed by atoms with Crippen LogP contribution in [0.3, 0.4) is 0 Å². The van der Waals surface area contributed by atoms with E-state index in [0.717, 1.165) is 0 Å². The molecule has 4 heteroatoms. The van der Waals surface area contributed by atoms with Gasteiger partial charge in [-0.05, 0) is 37.6 Å². The fourth-order valence-corrected chi connectivity index (χ4v) is 1.39. The van der Waals surface area contributed by atoms with Gasteiger partial charge in [-0.2, -0.15) is 10.5 Å². The molecule has 1 rings (SSSR count). The second-order valence-corrected chi connectivity index (χ2v) is 3.79. The molecule has 0 saturated heterocycles. The van der Waals surface area contributed by atoms with Crippen LogP contribution in [0.25, 0.3) is 0 Å². The Morgan fingerprint density at radius 2 is 1.74 bits per heavy atom. The Kier molecular flexibility index (Phi) is 5.07. The molecule has 0 aromatic heterocycles. The molecular weight excluding hydrogens is 240 g/mol. The first kappa shape index (κ1) is 14.2. The van der Waals surface area contributed by atoms with E-state index in [-0.39, 0.29) is 5.57 Å². The first-order chi connectivity index (χ1) is 9.08. The lowest BCUT2D eigenvalue weighted by molar-refractivity contribution is 0.0626. The highest BCUT2D eigenvalue weighted by Gasteiger charge is 2.07. The highest BCUT2D eigenvalue weighted by molar-refractivity contribution is 5.89. The van der Waals surface area contributed by atoms with Crippen molar-refractivity contribution in [3.63, 3.8) is 0 Å². The van der Waals surface area contributed by atoms with Crippen LogP contribution in [-0.4, -0.2) is 5.97 Å². The molecule has 0 atom stereocenters. The second kappa shape index (κ2) is 6.78. The summed E-state index contributed by atoms with van der Waals surface area (Å²) in [6.45, 7) is 3.21. The molecule has 4 nitrogen and oxygen atoms in total. The third-order valence-corrected chi connectivity index (χ3v) is 2.30. The Morgan fingerprint density at radius 3 is 2.26 bits per heavy atom. The maximum Gasteiger partial charge on any atom is 0.343 e. The van der Waals surface area contributed by atoms with Crippen LogP contribution < -0.4 is 0 Å². The number of carbonyl (C=O) groups excluding carboxylic acids is 1. The van der Waals surface area contributed by atoms with Gasteiger partial charge in [-0.15, -0.1) is 0 Å². The SMILES string of the molecule is CC(/C=C(/C)OC(=O)c1ccccc1)=C(C#N)C#N. The third-order valence-electron chi connectivity index (χ3n) is 2.30. The van der Waals surface area contributed by atoms with E-state index < -0.39 is 5.97 Å². The summed E-state index contributed by atoms with van der Waals surface area (Å²) in [5.41, 5.74) is 0.899. The molecule has 94 valence electrons. The van der Waals surface area contributed by atoms with Crippen LogP contribution in [0, 0.1) is 22.7 Å². The topological polar surface area (TPSA) is 73.9 Å². The summed E-state index contributed by atoms with van der Waals surface area (Å²) in [6, 6.07) is 12.1. The summed E-state index contributed by atoms with van der Waals surface area (Å²) in [6.07, 6.45) is 1.49. The maximum atomic E-state index is 11.7. The molecule has 1 aromatic carbocycles. The average molecular weight is 252 g/mol. The van der Waals surface area contributed by atoms with Crippen LogP contribution in [0.15, 0.2) is 53.3 Å². The summed E-state index contributed by atoms with van der Waals surface area (Å²) >= 11 is 0. The molecule has 0 bridgehead atoms. The van der Waals surface area contributed by atoms with Crippen molar-refractivity contribution < 1.29 is 9.53 Å².